The van der Waals surface area contributed by atoms with Gasteiger partial charge in [0.2, 0.25) is 0 Å². The first-order valence-corrected chi connectivity index (χ1v) is 8.59. The summed E-state index contributed by atoms with van der Waals surface area (Å²) in [6, 6.07) is -0.607. The van der Waals surface area contributed by atoms with E-state index in [4.69, 9.17) is 9.47 Å². The van der Waals surface area contributed by atoms with Gasteiger partial charge in [-0.1, -0.05) is 19.1 Å². The first-order valence-electron chi connectivity index (χ1n) is 8.59. The molecular weight excluding hydrogens is 294 g/mol. The van der Waals surface area contributed by atoms with E-state index in [0.29, 0.717) is 12.5 Å². The van der Waals surface area contributed by atoms with Gasteiger partial charge in [0.25, 0.3) is 0 Å². The van der Waals surface area contributed by atoms with Gasteiger partial charge in [0.05, 0.1) is 6.61 Å². The summed E-state index contributed by atoms with van der Waals surface area (Å²) >= 11 is 0. The molecule has 5 nitrogen and oxygen atoms in total. The number of rotatable bonds is 8. The second-order valence-corrected chi connectivity index (χ2v) is 6.99. The maximum Gasteiger partial charge on any atom is 0.408 e. The maximum absolute atomic E-state index is 12.1. The molecule has 0 radical (unpaired) electrons. The molecule has 0 heterocycles. The minimum atomic E-state index is -0.607. The van der Waals surface area contributed by atoms with E-state index in [9.17, 15) is 9.59 Å². The Morgan fingerprint density at radius 1 is 1.26 bits per heavy atom. The summed E-state index contributed by atoms with van der Waals surface area (Å²) in [5.41, 5.74) is -0.586. The van der Waals surface area contributed by atoms with Crippen molar-refractivity contribution < 1.29 is 19.1 Å². The molecule has 0 aromatic heterocycles. The Morgan fingerprint density at radius 2 is 1.96 bits per heavy atom. The number of allylic oxidation sites excluding steroid dienone is 2. The van der Waals surface area contributed by atoms with E-state index in [1.165, 1.54) is 0 Å². The van der Waals surface area contributed by atoms with Crippen molar-refractivity contribution >= 4 is 12.1 Å². The molecule has 1 rings (SSSR count). The minimum absolute atomic E-state index is 0.150. The quantitative estimate of drug-likeness (QED) is 0.544. The van der Waals surface area contributed by atoms with Crippen LogP contribution in [0.25, 0.3) is 0 Å². The molecule has 0 bridgehead atoms. The van der Waals surface area contributed by atoms with Crippen LogP contribution in [0.4, 0.5) is 4.79 Å². The lowest BCUT2D eigenvalue weighted by molar-refractivity contribution is -0.146. The lowest BCUT2D eigenvalue weighted by Gasteiger charge is -2.23. The van der Waals surface area contributed by atoms with Crippen LogP contribution in [-0.2, 0) is 14.3 Å². The Labute approximate surface area is 139 Å². The van der Waals surface area contributed by atoms with Crippen molar-refractivity contribution in [1.29, 1.82) is 0 Å². The summed E-state index contributed by atoms with van der Waals surface area (Å²) in [5.74, 6) is 0.243. The van der Waals surface area contributed by atoms with Gasteiger partial charge < -0.3 is 14.8 Å². The number of carbonyl (C=O) groups is 2. The van der Waals surface area contributed by atoms with Crippen molar-refractivity contribution in [2.45, 2.75) is 71.9 Å². The number of nitrogens with one attached hydrogen (secondary N) is 1. The van der Waals surface area contributed by atoms with Crippen molar-refractivity contribution in [2.75, 3.05) is 6.61 Å². The molecule has 0 spiro atoms. The predicted octanol–water partition coefficient (Wildman–Crippen LogP) is 3.83. The highest BCUT2D eigenvalue weighted by Gasteiger charge is 2.47. The fourth-order valence-electron chi connectivity index (χ4n) is 2.61. The molecule has 1 aliphatic rings. The van der Waals surface area contributed by atoms with E-state index in [1.54, 1.807) is 27.7 Å². The molecule has 1 fully saturated rings. The Bertz CT molecular complexity index is 425. The molecule has 23 heavy (non-hydrogen) atoms. The first-order chi connectivity index (χ1) is 10.8. The van der Waals surface area contributed by atoms with Crippen LogP contribution >= 0.6 is 0 Å². The summed E-state index contributed by atoms with van der Waals surface area (Å²) in [6.45, 7) is 9.58. The molecular formula is C18H31NO4. The molecule has 1 aliphatic carbocycles. The molecule has 3 unspecified atom stereocenters. The Hall–Kier alpha value is -1.52. The molecule has 0 aliphatic heterocycles. The zero-order valence-corrected chi connectivity index (χ0v) is 15.1. The highest BCUT2D eigenvalue weighted by molar-refractivity contribution is 5.82. The standard InChI is InChI=1S/C18H31NO4/c1-6-8-9-10-11-13-12-14(13)15(16(20)22-7-2)19-17(21)23-18(3,4)5/h8-9,13-15H,6-7,10-12H2,1-5H3,(H,19,21). The molecule has 132 valence electrons. The number of hydrogen-bond donors (Lipinski definition) is 1. The van der Waals surface area contributed by atoms with E-state index in [-0.39, 0.29) is 11.9 Å². The van der Waals surface area contributed by atoms with E-state index >= 15 is 0 Å². The second-order valence-electron chi connectivity index (χ2n) is 6.99. The third-order valence-electron chi connectivity index (χ3n) is 3.72. The number of ether oxygens (including phenoxy) is 2. The van der Waals surface area contributed by atoms with Crippen molar-refractivity contribution in [2.24, 2.45) is 11.8 Å². The SMILES string of the molecule is CCC=CCCC1CC1C(NC(=O)OC(C)(C)C)C(=O)OCC. The molecule has 0 saturated heterocycles. The fourth-order valence-corrected chi connectivity index (χ4v) is 2.61. The van der Waals surface area contributed by atoms with Crippen LogP contribution in [-0.4, -0.2) is 30.3 Å². The zero-order chi connectivity index (χ0) is 17.5. The average molecular weight is 325 g/mol. The van der Waals surface area contributed by atoms with Crippen molar-refractivity contribution in [3.63, 3.8) is 0 Å². The topological polar surface area (TPSA) is 64.6 Å². The largest absolute Gasteiger partial charge is 0.464 e. The molecule has 5 heteroatoms. The van der Waals surface area contributed by atoms with E-state index in [0.717, 1.165) is 25.7 Å². The number of esters is 1. The molecule has 1 amide bonds. The molecule has 0 aromatic rings. The lowest BCUT2D eigenvalue weighted by atomic mass is 10.1. The zero-order valence-electron chi connectivity index (χ0n) is 15.1. The summed E-state index contributed by atoms with van der Waals surface area (Å²) in [6.07, 6.45) is 7.80. The van der Waals surface area contributed by atoms with Crippen LogP contribution in [0.3, 0.4) is 0 Å². The van der Waals surface area contributed by atoms with Crippen molar-refractivity contribution in [3.8, 4) is 0 Å². The first kappa shape index (κ1) is 19.5. The molecule has 0 aromatic carbocycles. The van der Waals surface area contributed by atoms with E-state index in [1.807, 2.05) is 0 Å². The Kier molecular flexibility index (Phi) is 7.59. The van der Waals surface area contributed by atoms with Crippen molar-refractivity contribution in [1.82, 2.24) is 5.32 Å². The van der Waals surface area contributed by atoms with Gasteiger partial charge in [-0.3, -0.25) is 0 Å². The highest BCUT2D eigenvalue weighted by Crippen LogP contribution is 2.45. The summed E-state index contributed by atoms with van der Waals surface area (Å²) < 4.78 is 10.4. The normalized spacial score (nSPS) is 21.8. The van der Waals surface area contributed by atoms with Crippen LogP contribution in [0.1, 0.15) is 60.3 Å². The van der Waals surface area contributed by atoms with Gasteiger partial charge in [-0.2, -0.15) is 0 Å². The van der Waals surface area contributed by atoms with Crippen LogP contribution in [0.2, 0.25) is 0 Å². The molecule has 3 atom stereocenters. The lowest BCUT2D eigenvalue weighted by Crippen LogP contribution is -2.46. The van der Waals surface area contributed by atoms with Gasteiger partial charge in [0, 0.05) is 0 Å². The Morgan fingerprint density at radius 3 is 2.52 bits per heavy atom. The molecule has 1 N–H and O–H groups in total. The van der Waals surface area contributed by atoms with Gasteiger partial charge in [0.15, 0.2) is 0 Å². The minimum Gasteiger partial charge on any atom is -0.464 e. The summed E-state index contributed by atoms with van der Waals surface area (Å²) in [7, 11) is 0. The van der Waals surface area contributed by atoms with Crippen LogP contribution in [0, 0.1) is 11.8 Å². The third kappa shape index (κ3) is 7.53. The smallest absolute Gasteiger partial charge is 0.408 e. The van der Waals surface area contributed by atoms with E-state index < -0.39 is 17.7 Å². The van der Waals surface area contributed by atoms with Gasteiger partial charge in [-0.15, -0.1) is 0 Å². The summed E-state index contributed by atoms with van der Waals surface area (Å²) in [5, 5.41) is 2.70. The Balaban J connectivity index is 2.56. The predicted molar refractivity (Wildman–Crippen MR) is 90.1 cm³/mol. The number of amides is 1. The maximum atomic E-state index is 12.1. The second kappa shape index (κ2) is 8.94. The van der Waals surface area contributed by atoms with Gasteiger partial charge in [0.1, 0.15) is 11.6 Å². The monoisotopic (exact) mass is 325 g/mol. The molecule has 1 saturated carbocycles. The van der Waals surface area contributed by atoms with Crippen LogP contribution in [0.5, 0.6) is 0 Å². The van der Waals surface area contributed by atoms with Crippen LogP contribution < -0.4 is 5.32 Å². The number of alkyl carbamates (subject to hydrolysis) is 1. The van der Waals surface area contributed by atoms with E-state index in [2.05, 4.69) is 24.4 Å². The van der Waals surface area contributed by atoms with Gasteiger partial charge in [-0.25, -0.2) is 9.59 Å². The van der Waals surface area contributed by atoms with Crippen LogP contribution in [0.15, 0.2) is 12.2 Å². The highest BCUT2D eigenvalue weighted by atomic mass is 16.6. The third-order valence-corrected chi connectivity index (χ3v) is 3.72. The number of hydrogen-bond acceptors (Lipinski definition) is 4. The average Bonchev–Trinajstić information content (AvgIpc) is 3.18. The van der Waals surface area contributed by atoms with Gasteiger partial charge in [-0.05, 0) is 65.2 Å². The van der Waals surface area contributed by atoms with Crippen molar-refractivity contribution in [3.05, 3.63) is 12.2 Å². The summed E-state index contributed by atoms with van der Waals surface area (Å²) in [4.78, 5) is 24.1. The number of carbonyl (C=O) groups excluding carboxylic acids is 2. The van der Waals surface area contributed by atoms with Gasteiger partial charge >= 0.3 is 12.1 Å². The fraction of sp³-hybridized carbons (Fsp3) is 0.778.